The van der Waals surface area contributed by atoms with Gasteiger partial charge in [-0.2, -0.15) is 0 Å². The van der Waals surface area contributed by atoms with Crippen LogP contribution in [0.3, 0.4) is 0 Å². The number of terminal acetylenes is 1. The number of hydrogen-bond donors (Lipinski definition) is 3. The molecule has 1 heterocycles. The number of nitro groups is 1. The molecule has 7 nitrogen and oxygen atoms in total. The molecule has 4 N–H and O–H groups in total. The number of hydrogen-bond acceptors (Lipinski definition) is 6. The molecule has 0 amide bonds. The predicted octanol–water partition coefficient (Wildman–Crippen LogP) is 2.72. The molecule has 0 spiro atoms. The number of anilines is 3. The fraction of sp³-hybridized carbons (Fsp3) is 0.0625. The molecule has 0 saturated heterocycles. The van der Waals surface area contributed by atoms with E-state index in [2.05, 4.69) is 21.5 Å². The lowest BCUT2D eigenvalue weighted by Gasteiger charge is -2.23. The smallest absolute Gasteiger partial charge is 0.292 e. The van der Waals surface area contributed by atoms with Crippen molar-refractivity contribution in [2.24, 2.45) is 4.99 Å². The van der Waals surface area contributed by atoms with E-state index in [0.29, 0.717) is 11.3 Å². The third-order valence-electron chi connectivity index (χ3n) is 3.47. The Kier molecular flexibility index (Phi) is 3.57. The Morgan fingerprint density at radius 1 is 1.39 bits per heavy atom. The minimum absolute atomic E-state index is 0.102. The van der Waals surface area contributed by atoms with Crippen LogP contribution < -0.4 is 16.4 Å². The third-order valence-corrected chi connectivity index (χ3v) is 3.47. The Morgan fingerprint density at radius 2 is 2.22 bits per heavy atom. The van der Waals surface area contributed by atoms with Gasteiger partial charge in [0.15, 0.2) is 0 Å². The summed E-state index contributed by atoms with van der Waals surface area (Å²) in [4.78, 5) is 14.9. The van der Waals surface area contributed by atoms with Crippen LogP contribution in [0.15, 0.2) is 41.4 Å². The highest BCUT2D eigenvalue weighted by atomic mass is 16.6. The summed E-state index contributed by atoms with van der Waals surface area (Å²) in [6.07, 6.45) is 6.44. The minimum Gasteiger partial charge on any atom is -0.393 e. The van der Waals surface area contributed by atoms with Crippen molar-refractivity contribution in [1.82, 2.24) is 0 Å². The van der Waals surface area contributed by atoms with Crippen molar-refractivity contribution < 1.29 is 4.92 Å². The zero-order chi connectivity index (χ0) is 16.4. The van der Waals surface area contributed by atoms with Gasteiger partial charge >= 0.3 is 0 Å². The molecule has 2 aromatic rings. The van der Waals surface area contributed by atoms with E-state index in [9.17, 15) is 10.1 Å². The van der Waals surface area contributed by atoms with Gasteiger partial charge in [-0.15, -0.1) is 6.42 Å². The van der Waals surface area contributed by atoms with Gasteiger partial charge in [0.1, 0.15) is 11.9 Å². The van der Waals surface area contributed by atoms with Crippen LogP contribution in [0.1, 0.15) is 17.3 Å². The van der Waals surface area contributed by atoms with Gasteiger partial charge in [-0.1, -0.05) is 12.0 Å². The molecule has 2 aromatic carbocycles. The minimum atomic E-state index is -0.510. The van der Waals surface area contributed by atoms with E-state index >= 15 is 0 Å². The number of nitrogens with one attached hydrogen (secondary N) is 2. The molecular weight excluding hydrogens is 294 g/mol. The summed E-state index contributed by atoms with van der Waals surface area (Å²) in [6, 6.07) is 10.3. The molecule has 1 aliphatic heterocycles. The zero-order valence-electron chi connectivity index (χ0n) is 12.0. The molecule has 0 saturated carbocycles. The highest BCUT2D eigenvalue weighted by Crippen LogP contribution is 2.36. The van der Waals surface area contributed by atoms with E-state index in [1.165, 1.54) is 18.5 Å². The number of nitrogens with two attached hydrogens (primary N) is 1. The largest absolute Gasteiger partial charge is 0.393 e. The summed E-state index contributed by atoms with van der Waals surface area (Å²) >= 11 is 0. The SMILES string of the molecule is C#Cc1cccc(NC2N=CNc3cc(N)c([N+](=O)[O-])cc32)c1. The van der Waals surface area contributed by atoms with Gasteiger partial charge in [-0.25, -0.2) is 4.99 Å². The third kappa shape index (κ3) is 2.78. The van der Waals surface area contributed by atoms with E-state index < -0.39 is 11.1 Å². The first-order chi connectivity index (χ1) is 11.1. The molecule has 0 bridgehead atoms. The van der Waals surface area contributed by atoms with E-state index in [1.807, 2.05) is 24.3 Å². The quantitative estimate of drug-likeness (QED) is 0.350. The van der Waals surface area contributed by atoms with Crippen molar-refractivity contribution in [3.05, 3.63) is 57.6 Å². The lowest BCUT2D eigenvalue weighted by molar-refractivity contribution is -0.383. The second-order valence-corrected chi connectivity index (χ2v) is 4.95. The molecule has 23 heavy (non-hydrogen) atoms. The normalized spacial score (nSPS) is 15.2. The Morgan fingerprint density at radius 3 is 2.96 bits per heavy atom. The van der Waals surface area contributed by atoms with E-state index in [1.54, 1.807) is 0 Å². The summed E-state index contributed by atoms with van der Waals surface area (Å²) in [5, 5.41) is 17.2. The number of nitrogen functional groups attached to an aromatic ring is 1. The molecule has 114 valence electrons. The summed E-state index contributed by atoms with van der Waals surface area (Å²) < 4.78 is 0. The zero-order valence-corrected chi connectivity index (χ0v) is 12.0. The maximum atomic E-state index is 11.1. The van der Waals surface area contributed by atoms with E-state index in [0.717, 1.165) is 11.3 Å². The predicted molar refractivity (Wildman–Crippen MR) is 90.4 cm³/mol. The molecule has 7 heteroatoms. The van der Waals surface area contributed by atoms with Crippen LogP contribution in [0.2, 0.25) is 0 Å². The van der Waals surface area contributed by atoms with Crippen molar-refractivity contribution in [3.63, 3.8) is 0 Å². The average molecular weight is 307 g/mol. The van der Waals surface area contributed by atoms with E-state index in [-0.39, 0.29) is 11.4 Å². The van der Waals surface area contributed by atoms with Crippen LogP contribution in [-0.4, -0.2) is 11.3 Å². The Balaban J connectivity index is 1.98. The first-order valence-electron chi connectivity index (χ1n) is 6.77. The van der Waals surface area contributed by atoms with Gasteiger partial charge in [0.05, 0.1) is 11.3 Å². The van der Waals surface area contributed by atoms with Crippen molar-refractivity contribution >= 4 is 29.1 Å². The monoisotopic (exact) mass is 307 g/mol. The Hall–Kier alpha value is -3.53. The maximum absolute atomic E-state index is 11.1. The van der Waals surface area contributed by atoms with Gasteiger partial charge < -0.3 is 16.4 Å². The molecule has 0 aliphatic carbocycles. The summed E-state index contributed by atoms with van der Waals surface area (Å²) in [5.41, 5.74) is 8.49. The maximum Gasteiger partial charge on any atom is 0.292 e. The number of nitro benzene ring substituents is 1. The summed E-state index contributed by atoms with van der Waals surface area (Å²) in [7, 11) is 0. The second kappa shape index (κ2) is 5.69. The first-order valence-corrected chi connectivity index (χ1v) is 6.77. The number of fused-ring (bicyclic) bond motifs is 1. The van der Waals surface area contributed by atoms with Gasteiger partial charge in [0, 0.05) is 28.6 Å². The van der Waals surface area contributed by atoms with Crippen LogP contribution in [0, 0.1) is 22.5 Å². The van der Waals surface area contributed by atoms with Gasteiger partial charge in [0.25, 0.3) is 5.69 Å². The van der Waals surface area contributed by atoms with Crippen LogP contribution in [0.4, 0.5) is 22.7 Å². The fourth-order valence-corrected chi connectivity index (χ4v) is 2.36. The summed E-state index contributed by atoms with van der Waals surface area (Å²) in [5.74, 6) is 2.56. The van der Waals surface area contributed by atoms with Crippen molar-refractivity contribution in [2.45, 2.75) is 6.17 Å². The van der Waals surface area contributed by atoms with Crippen molar-refractivity contribution in [3.8, 4) is 12.3 Å². The Bertz CT molecular complexity index is 854. The standard InChI is InChI=1S/C16H13N5O2/c1-2-10-4-3-5-11(6-10)20-16-12-7-15(21(22)23)13(17)8-14(12)18-9-19-16/h1,3-9,16,20H,17H2,(H,18,19). The highest BCUT2D eigenvalue weighted by Gasteiger charge is 2.23. The average Bonchev–Trinajstić information content (AvgIpc) is 2.54. The van der Waals surface area contributed by atoms with Gasteiger partial charge in [0.2, 0.25) is 0 Å². The molecule has 0 radical (unpaired) electrons. The topological polar surface area (TPSA) is 106 Å². The molecule has 1 unspecified atom stereocenters. The molecule has 3 rings (SSSR count). The summed E-state index contributed by atoms with van der Waals surface area (Å²) in [6.45, 7) is 0. The lowest BCUT2D eigenvalue weighted by Crippen LogP contribution is -2.17. The van der Waals surface area contributed by atoms with Crippen molar-refractivity contribution in [1.29, 1.82) is 0 Å². The molecule has 1 atom stereocenters. The molecule has 0 fully saturated rings. The van der Waals surface area contributed by atoms with Crippen LogP contribution in [0.5, 0.6) is 0 Å². The molecular formula is C16H13N5O2. The van der Waals surface area contributed by atoms with Gasteiger partial charge in [-0.05, 0) is 24.3 Å². The molecule has 1 aliphatic rings. The second-order valence-electron chi connectivity index (χ2n) is 4.95. The van der Waals surface area contributed by atoms with Crippen LogP contribution in [-0.2, 0) is 0 Å². The fourth-order valence-electron chi connectivity index (χ4n) is 2.36. The highest BCUT2D eigenvalue weighted by molar-refractivity contribution is 5.84. The number of aliphatic imine (C=N–C) groups is 1. The van der Waals surface area contributed by atoms with Crippen LogP contribution >= 0.6 is 0 Å². The first kappa shape index (κ1) is 14.4. The van der Waals surface area contributed by atoms with Gasteiger partial charge in [-0.3, -0.25) is 10.1 Å². The number of nitrogens with zero attached hydrogens (tertiary/aromatic N) is 2. The lowest BCUT2D eigenvalue weighted by atomic mass is 10.1. The molecule has 0 aromatic heterocycles. The van der Waals surface area contributed by atoms with E-state index in [4.69, 9.17) is 12.2 Å². The Labute approximate surface area is 132 Å². The number of rotatable bonds is 3. The van der Waals surface area contributed by atoms with Crippen molar-refractivity contribution in [2.75, 3.05) is 16.4 Å². The number of benzene rings is 2. The van der Waals surface area contributed by atoms with Crippen LogP contribution in [0.25, 0.3) is 0 Å².